The highest BCUT2D eigenvalue weighted by molar-refractivity contribution is 5.80. The highest BCUT2D eigenvalue weighted by Gasteiger charge is 2.19. The molecule has 0 unspecified atom stereocenters. The van der Waals surface area contributed by atoms with Crippen LogP contribution in [0.4, 0.5) is 0 Å². The Labute approximate surface area is 115 Å². The summed E-state index contributed by atoms with van der Waals surface area (Å²) < 4.78 is 11.0. The zero-order chi connectivity index (χ0) is 13.5. The number of methoxy groups -OCH3 is 1. The van der Waals surface area contributed by atoms with Crippen molar-refractivity contribution in [2.45, 2.75) is 6.42 Å². The van der Waals surface area contributed by atoms with Gasteiger partial charge >= 0.3 is 0 Å². The molecule has 0 fully saturated rings. The monoisotopic (exact) mass is 267 g/mol. The lowest BCUT2D eigenvalue weighted by molar-refractivity contribution is 0.353. The molecule has 100 valence electrons. The number of hydrogen-bond acceptors (Lipinski definition) is 4. The largest absolute Gasteiger partial charge is 0.496 e. The van der Waals surface area contributed by atoms with E-state index in [0.717, 1.165) is 46.9 Å². The van der Waals surface area contributed by atoms with Gasteiger partial charge in [0.05, 0.1) is 31.0 Å². The van der Waals surface area contributed by atoms with Gasteiger partial charge in [0, 0.05) is 18.7 Å². The molecule has 1 aliphatic heterocycles. The Hall–Kier alpha value is -2.56. The lowest BCUT2D eigenvalue weighted by Crippen LogP contribution is -1.91. The van der Waals surface area contributed by atoms with Gasteiger partial charge in [0.15, 0.2) is 0 Å². The van der Waals surface area contributed by atoms with E-state index in [1.165, 1.54) is 5.56 Å². The third-order valence-corrected chi connectivity index (χ3v) is 3.55. The molecule has 1 aliphatic rings. The third-order valence-electron chi connectivity index (χ3n) is 3.55. The molecular formula is C15H13N3O2. The van der Waals surface area contributed by atoms with Crippen LogP contribution in [0.3, 0.4) is 0 Å². The molecule has 0 saturated carbocycles. The summed E-state index contributed by atoms with van der Waals surface area (Å²) in [4.78, 5) is 12.0. The summed E-state index contributed by atoms with van der Waals surface area (Å²) in [7, 11) is 1.66. The predicted molar refractivity (Wildman–Crippen MR) is 75.1 cm³/mol. The summed E-state index contributed by atoms with van der Waals surface area (Å²) in [6.45, 7) is 0.728. The minimum atomic E-state index is 0.728. The second kappa shape index (κ2) is 4.23. The number of ether oxygens (including phenoxy) is 2. The minimum absolute atomic E-state index is 0.728. The van der Waals surface area contributed by atoms with Crippen molar-refractivity contribution in [3.8, 4) is 22.9 Å². The van der Waals surface area contributed by atoms with Gasteiger partial charge in [-0.1, -0.05) is 0 Å². The van der Waals surface area contributed by atoms with Crippen molar-refractivity contribution in [2.75, 3.05) is 13.7 Å². The Bertz CT molecular complexity index is 762. The fourth-order valence-electron chi connectivity index (χ4n) is 2.55. The Morgan fingerprint density at radius 2 is 2.30 bits per heavy atom. The maximum Gasteiger partial charge on any atom is 0.142 e. The van der Waals surface area contributed by atoms with Gasteiger partial charge in [-0.05, 0) is 17.7 Å². The molecule has 5 heteroatoms. The van der Waals surface area contributed by atoms with Crippen molar-refractivity contribution in [2.24, 2.45) is 0 Å². The maximum absolute atomic E-state index is 5.57. The van der Waals surface area contributed by atoms with Crippen LogP contribution >= 0.6 is 0 Å². The van der Waals surface area contributed by atoms with Gasteiger partial charge in [0.1, 0.15) is 22.8 Å². The summed E-state index contributed by atoms with van der Waals surface area (Å²) in [6, 6.07) is 5.93. The van der Waals surface area contributed by atoms with Crippen molar-refractivity contribution in [3.05, 3.63) is 36.2 Å². The summed E-state index contributed by atoms with van der Waals surface area (Å²) >= 11 is 0. The molecule has 0 bridgehead atoms. The SMILES string of the molecule is COc1cc2c(cc1-c1nc3cnccc3[nH]1)CCO2. The summed E-state index contributed by atoms with van der Waals surface area (Å²) in [5, 5.41) is 0. The van der Waals surface area contributed by atoms with E-state index in [4.69, 9.17) is 9.47 Å². The van der Waals surface area contributed by atoms with Gasteiger partial charge in [-0.25, -0.2) is 4.98 Å². The first kappa shape index (κ1) is 11.3. The number of aromatic amines is 1. The minimum Gasteiger partial charge on any atom is -0.496 e. The Morgan fingerprint density at radius 1 is 1.35 bits per heavy atom. The highest BCUT2D eigenvalue weighted by Crippen LogP contribution is 2.37. The molecular weight excluding hydrogens is 254 g/mol. The van der Waals surface area contributed by atoms with Crippen molar-refractivity contribution >= 4 is 11.0 Å². The average Bonchev–Trinajstić information content (AvgIpc) is 3.11. The highest BCUT2D eigenvalue weighted by atomic mass is 16.5. The fourth-order valence-corrected chi connectivity index (χ4v) is 2.55. The number of H-pyrrole nitrogens is 1. The maximum atomic E-state index is 5.57. The number of benzene rings is 1. The normalized spacial score (nSPS) is 13.2. The molecule has 0 spiro atoms. The van der Waals surface area contributed by atoms with Crippen molar-refractivity contribution in [1.82, 2.24) is 15.0 Å². The Balaban J connectivity index is 1.92. The molecule has 0 aliphatic carbocycles. The van der Waals surface area contributed by atoms with Crippen LogP contribution in [0.2, 0.25) is 0 Å². The van der Waals surface area contributed by atoms with Gasteiger partial charge in [0.25, 0.3) is 0 Å². The Morgan fingerprint density at radius 3 is 3.15 bits per heavy atom. The smallest absolute Gasteiger partial charge is 0.142 e. The first-order valence-electron chi connectivity index (χ1n) is 6.49. The van der Waals surface area contributed by atoms with Crippen LogP contribution in [0, 0.1) is 0 Å². The number of fused-ring (bicyclic) bond motifs is 2. The molecule has 0 atom stereocenters. The van der Waals surface area contributed by atoms with Crippen LogP contribution in [0.25, 0.3) is 22.4 Å². The summed E-state index contributed by atoms with van der Waals surface area (Å²) in [5.41, 5.74) is 3.96. The van der Waals surface area contributed by atoms with E-state index in [1.807, 2.05) is 12.1 Å². The van der Waals surface area contributed by atoms with E-state index in [0.29, 0.717) is 0 Å². The van der Waals surface area contributed by atoms with Crippen molar-refractivity contribution in [3.63, 3.8) is 0 Å². The predicted octanol–water partition coefficient (Wildman–Crippen LogP) is 2.57. The molecule has 5 nitrogen and oxygen atoms in total. The zero-order valence-corrected chi connectivity index (χ0v) is 11.0. The molecule has 1 N–H and O–H groups in total. The quantitative estimate of drug-likeness (QED) is 0.775. The second-order valence-electron chi connectivity index (χ2n) is 4.74. The molecule has 20 heavy (non-hydrogen) atoms. The fraction of sp³-hybridized carbons (Fsp3) is 0.200. The molecule has 3 aromatic rings. The van der Waals surface area contributed by atoms with E-state index >= 15 is 0 Å². The third kappa shape index (κ3) is 1.63. The number of aromatic nitrogens is 3. The number of nitrogens with zero attached hydrogens (tertiary/aromatic N) is 2. The van der Waals surface area contributed by atoms with Crippen molar-refractivity contribution < 1.29 is 9.47 Å². The second-order valence-corrected chi connectivity index (χ2v) is 4.74. The van der Waals surface area contributed by atoms with Crippen LogP contribution in [0.15, 0.2) is 30.6 Å². The summed E-state index contributed by atoms with van der Waals surface area (Å²) in [5.74, 6) is 2.46. The van der Waals surface area contributed by atoms with Gasteiger partial charge in [0.2, 0.25) is 0 Å². The van der Waals surface area contributed by atoms with E-state index in [2.05, 4.69) is 21.0 Å². The lowest BCUT2D eigenvalue weighted by Gasteiger charge is -2.08. The molecule has 3 heterocycles. The van der Waals surface area contributed by atoms with Crippen molar-refractivity contribution in [1.29, 1.82) is 0 Å². The van der Waals surface area contributed by atoms with Gasteiger partial charge in [-0.15, -0.1) is 0 Å². The lowest BCUT2D eigenvalue weighted by atomic mass is 10.1. The number of hydrogen-bond donors (Lipinski definition) is 1. The van der Waals surface area contributed by atoms with E-state index in [9.17, 15) is 0 Å². The van der Waals surface area contributed by atoms with E-state index in [1.54, 1.807) is 19.5 Å². The van der Waals surface area contributed by atoms with E-state index < -0.39 is 0 Å². The summed E-state index contributed by atoms with van der Waals surface area (Å²) in [6.07, 6.45) is 4.42. The first-order valence-corrected chi connectivity index (χ1v) is 6.49. The number of rotatable bonds is 2. The molecule has 2 aromatic heterocycles. The van der Waals surface area contributed by atoms with Crippen LogP contribution in [-0.4, -0.2) is 28.7 Å². The standard InChI is InChI=1S/C15H13N3O2/c1-19-14-7-13-9(3-5-20-13)6-10(14)15-17-11-2-4-16-8-12(11)18-15/h2,4,6-8H,3,5H2,1H3,(H,17,18). The van der Waals surface area contributed by atoms with Gasteiger partial charge in [-0.3, -0.25) is 4.98 Å². The van der Waals surface area contributed by atoms with Crippen LogP contribution in [0.5, 0.6) is 11.5 Å². The molecule has 1 aromatic carbocycles. The first-order chi connectivity index (χ1) is 9.85. The van der Waals surface area contributed by atoms with Gasteiger partial charge < -0.3 is 14.5 Å². The van der Waals surface area contributed by atoms with Crippen LogP contribution in [0.1, 0.15) is 5.56 Å². The molecule has 4 rings (SSSR count). The topological polar surface area (TPSA) is 60.0 Å². The molecule has 0 amide bonds. The van der Waals surface area contributed by atoms with E-state index in [-0.39, 0.29) is 0 Å². The van der Waals surface area contributed by atoms with Crippen LogP contribution < -0.4 is 9.47 Å². The van der Waals surface area contributed by atoms with Gasteiger partial charge in [-0.2, -0.15) is 0 Å². The molecule has 0 saturated heterocycles. The number of pyridine rings is 1. The number of nitrogens with one attached hydrogen (secondary N) is 1. The number of imidazole rings is 1. The zero-order valence-electron chi connectivity index (χ0n) is 11.0. The van der Waals surface area contributed by atoms with Crippen LogP contribution in [-0.2, 0) is 6.42 Å². The average molecular weight is 267 g/mol. The molecule has 0 radical (unpaired) electrons. The Kier molecular flexibility index (Phi) is 2.39.